The molecular formula is C30H34N4O6S. The maximum atomic E-state index is 13.4. The van der Waals surface area contributed by atoms with E-state index in [1.54, 1.807) is 66.7 Å². The van der Waals surface area contributed by atoms with Crippen molar-refractivity contribution < 1.29 is 27.5 Å². The maximum Gasteiger partial charge on any atom is 0.264 e. The minimum absolute atomic E-state index is 0.0490. The predicted octanol–water partition coefficient (Wildman–Crippen LogP) is 3.87. The summed E-state index contributed by atoms with van der Waals surface area (Å²) in [6, 6.07) is 21.4. The first-order chi connectivity index (χ1) is 19.8. The first-order valence-corrected chi connectivity index (χ1v) is 14.8. The fraction of sp³-hybridized carbons (Fsp3) is 0.300. The Morgan fingerprint density at radius 3 is 2.37 bits per heavy atom. The fourth-order valence-electron chi connectivity index (χ4n) is 4.46. The van der Waals surface area contributed by atoms with Crippen molar-refractivity contribution >= 4 is 33.7 Å². The van der Waals surface area contributed by atoms with Crippen LogP contribution < -0.4 is 24.5 Å². The molecule has 0 unspecified atom stereocenters. The SMILES string of the molecule is COc1cccc(N(CC(=O)N/N=C\c2ccc(OCC(=O)NC3CCCCC3)cc2)S(=O)(=O)c2ccccc2)c1. The van der Waals surface area contributed by atoms with Gasteiger partial charge in [0.15, 0.2) is 6.61 Å². The Morgan fingerprint density at radius 2 is 1.66 bits per heavy atom. The zero-order chi connectivity index (χ0) is 29.1. The molecule has 0 aromatic heterocycles. The van der Waals surface area contributed by atoms with E-state index in [4.69, 9.17) is 9.47 Å². The Kier molecular flexibility index (Phi) is 10.3. The van der Waals surface area contributed by atoms with Crippen LogP contribution in [-0.2, 0) is 19.6 Å². The molecule has 11 heteroatoms. The number of hydrogen-bond donors (Lipinski definition) is 2. The largest absolute Gasteiger partial charge is 0.497 e. The second-order valence-corrected chi connectivity index (χ2v) is 11.4. The first-order valence-electron chi connectivity index (χ1n) is 13.4. The van der Waals surface area contributed by atoms with Gasteiger partial charge in [-0.05, 0) is 66.9 Å². The van der Waals surface area contributed by atoms with Gasteiger partial charge >= 0.3 is 0 Å². The molecule has 0 spiro atoms. The van der Waals surface area contributed by atoms with Crippen LogP contribution >= 0.6 is 0 Å². The highest BCUT2D eigenvalue weighted by Gasteiger charge is 2.27. The number of hydrogen-bond acceptors (Lipinski definition) is 7. The molecule has 1 saturated carbocycles. The van der Waals surface area contributed by atoms with E-state index in [1.807, 2.05) is 0 Å². The van der Waals surface area contributed by atoms with Crippen LogP contribution in [0.5, 0.6) is 11.5 Å². The molecule has 0 bridgehead atoms. The third-order valence-electron chi connectivity index (χ3n) is 6.58. The maximum absolute atomic E-state index is 13.4. The van der Waals surface area contributed by atoms with Crippen molar-refractivity contribution in [2.75, 3.05) is 24.6 Å². The van der Waals surface area contributed by atoms with Gasteiger partial charge in [0.1, 0.15) is 18.0 Å². The summed E-state index contributed by atoms with van der Waals surface area (Å²) in [4.78, 5) is 25.0. The number of ether oxygens (including phenoxy) is 2. The zero-order valence-corrected chi connectivity index (χ0v) is 23.7. The Labute approximate surface area is 240 Å². The van der Waals surface area contributed by atoms with E-state index < -0.39 is 22.5 Å². The predicted molar refractivity (Wildman–Crippen MR) is 157 cm³/mol. The van der Waals surface area contributed by atoms with Crippen LogP contribution in [-0.4, -0.2) is 52.8 Å². The van der Waals surface area contributed by atoms with E-state index >= 15 is 0 Å². The normalized spacial score (nSPS) is 13.9. The van der Waals surface area contributed by atoms with Gasteiger partial charge < -0.3 is 14.8 Å². The molecule has 2 amide bonds. The van der Waals surface area contributed by atoms with Crippen LogP contribution in [0.15, 0.2) is 88.9 Å². The van der Waals surface area contributed by atoms with Crippen LogP contribution in [0.25, 0.3) is 0 Å². The van der Waals surface area contributed by atoms with Crippen LogP contribution in [0.1, 0.15) is 37.7 Å². The van der Waals surface area contributed by atoms with Crippen molar-refractivity contribution in [1.82, 2.24) is 10.7 Å². The number of methoxy groups -OCH3 is 1. The van der Waals surface area contributed by atoms with E-state index in [0.29, 0.717) is 17.1 Å². The van der Waals surface area contributed by atoms with Gasteiger partial charge in [0.2, 0.25) is 0 Å². The summed E-state index contributed by atoms with van der Waals surface area (Å²) in [6.45, 7) is -0.562. The quantitative estimate of drug-likeness (QED) is 0.248. The van der Waals surface area contributed by atoms with Gasteiger partial charge in [-0.2, -0.15) is 5.10 Å². The Hall–Kier alpha value is -4.38. The van der Waals surface area contributed by atoms with Gasteiger partial charge in [-0.25, -0.2) is 13.8 Å². The number of hydrazone groups is 1. The van der Waals surface area contributed by atoms with E-state index in [9.17, 15) is 18.0 Å². The highest BCUT2D eigenvalue weighted by Crippen LogP contribution is 2.26. The van der Waals surface area contributed by atoms with Crippen molar-refractivity contribution in [3.63, 3.8) is 0 Å². The molecule has 4 rings (SSSR count). The molecule has 0 heterocycles. The highest BCUT2D eigenvalue weighted by molar-refractivity contribution is 7.92. The minimum atomic E-state index is -4.05. The number of anilines is 1. The van der Waals surface area contributed by atoms with Gasteiger partial charge in [-0.3, -0.25) is 13.9 Å². The summed E-state index contributed by atoms with van der Waals surface area (Å²) in [7, 11) is -2.58. The number of carbonyl (C=O) groups is 2. The molecule has 1 aliphatic carbocycles. The Morgan fingerprint density at radius 1 is 0.927 bits per heavy atom. The lowest BCUT2D eigenvalue weighted by molar-refractivity contribution is -0.124. The third-order valence-corrected chi connectivity index (χ3v) is 8.37. The third kappa shape index (κ3) is 8.55. The number of carbonyl (C=O) groups excluding carboxylic acids is 2. The topological polar surface area (TPSA) is 126 Å². The summed E-state index contributed by atoms with van der Waals surface area (Å²) < 4.78 is 38.7. The molecule has 0 saturated heterocycles. The number of sulfonamides is 1. The second-order valence-electron chi connectivity index (χ2n) is 9.58. The van der Waals surface area contributed by atoms with Crippen molar-refractivity contribution in [2.24, 2.45) is 5.10 Å². The Balaban J connectivity index is 1.34. The first kappa shape index (κ1) is 29.6. The lowest BCUT2D eigenvalue weighted by Crippen LogP contribution is -2.39. The van der Waals surface area contributed by atoms with Gasteiger partial charge in [0.25, 0.3) is 21.8 Å². The molecule has 2 N–H and O–H groups in total. The summed E-state index contributed by atoms with van der Waals surface area (Å²) in [5, 5.41) is 6.98. The van der Waals surface area contributed by atoms with E-state index in [2.05, 4.69) is 15.8 Å². The fourth-order valence-corrected chi connectivity index (χ4v) is 5.89. The number of amides is 2. The smallest absolute Gasteiger partial charge is 0.264 e. The van der Waals surface area contributed by atoms with Gasteiger partial charge in [0, 0.05) is 12.1 Å². The molecular weight excluding hydrogens is 544 g/mol. The van der Waals surface area contributed by atoms with Crippen LogP contribution in [0.4, 0.5) is 5.69 Å². The molecule has 216 valence electrons. The van der Waals surface area contributed by atoms with Gasteiger partial charge in [0.05, 0.1) is 23.9 Å². The molecule has 1 aliphatic rings. The van der Waals surface area contributed by atoms with Crippen molar-refractivity contribution in [2.45, 2.75) is 43.0 Å². The number of benzene rings is 3. The average molecular weight is 579 g/mol. The molecule has 10 nitrogen and oxygen atoms in total. The zero-order valence-electron chi connectivity index (χ0n) is 22.9. The Bertz CT molecular complexity index is 1440. The van der Waals surface area contributed by atoms with Gasteiger partial charge in [-0.15, -0.1) is 0 Å². The summed E-state index contributed by atoms with van der Waals surface area (Å²) in [6.07, 6.45) is 6.96. The number of nitrogens with one attached hydrogen (secondary N) is 2. The van der Waals surface area contributed by atoms with Crippen LogP contribution in [0.2, 0.25) is 0 Å². The average Bonchev–Trinajstić information content (AvgIpc) is 3.00. The molecule has 3 aromatic rings. The molecule has 0 atom stereocenters. The van der Waals surface area contributed by atoms with Crippen LogP contribution in [0, 0.1) is 0 Å². The lowest BCUT2D eigenvalue weighted by Gasteiger charge is -2.24. The summed E-state index contributed by atoms with van der Waals surface area (Å²) >= 11 is 0. The van der Waals surface area contributed by atoms with Crippen molar-refractivity contribution in [1.29, 1.82) is 0 Å². The standard InChI is InChI=1S/C30H34N4O6S/c1-39-27-12-8-11-25(19-27)34(41(37,38)28-13-6-3-7-14-28)21-29(35)33-31-20-23-15-17-26(18-16-23)40-22-30(36)32-24-9-4-2-5-10-24/h3,6-8,11-20,24H,2,4-5,9-10,21-22H2,1H3,(H,32,36)(H,33,35)/b31-20-. The molecule has 1 fully saturated rings. The molecule has 0 aliphatic heterocycles. The lowest BCUT2D eigenvalue weighted by atomic mass is 9.95. The second kappa shape index (κ2) is 14.3. The summed E-state index contributed by atoms with van der Waals surface area (Å²) in [5.74, 6) is 0.214. The van der Waals surface area contributed by atoms with Crippen LogP contribution in [0.3, 0.4) is 0 Å². The molecule has 0 radical (unpaired) electrons. The summed E-state index contributed by atoms with van der Waals surface area (Å²) in [5.41, 5.74) is 3.33. The number of nitrogens with zero attached hydrogens (tertiary/aromatic N) is 2. The van der Waals surface area contributed by atoms with E-state index in [-0.39, 0.29) is 29.1 Å². The van der Waals surface area contributed by atoms with E-state index in [1.165, 1.54) is 31.9 Å². The molecule has 41 heavy (non-hydrogen) atoms. The monoisotopic (exact) mass is 578 g/mol. The van der Waals surface area contributed by atoms with Crippen molar-refractivity contribution in [3.05, 3.63) is 84.4 Å². The minimum Gasteiger partial charge on any atom is -0.497 e. The highest BCUT2D eigenvalue weighted by atomic mass is 32.2. The van der Waals surface area contributed by atoms with Crippen molar-refractivity contribution in [3.8, 4) is 11.5 Å². The van der Waals surface area contributed by atoms with E-state index in [0.717, 1.165) is 30.0 Å². The van der Waals surface area contributed by atoms with Gasteiger partial charge in [-0.1, -0.05) is 43.5 Å². The number of rotatable bonds is 12. The molecule has 3 aromatic carbocycles.